The van der Waals surface area contributed by atoms with Crippen molar-refractivity contribution in [3.8, 4) is 67.3 Å². The van der Waals surface area contributed by atoms with Crippen LogP contribution in [0, 0.1) is 0 Å². The van der Waals surface area contributed by atoms with Gasteiger partial charge in [0.25, 0.3) is 0 Å². The summed E-state index contributed by atoms with van der Waals surface area (Å²) in [5.74, 6) is 0.716. The Bertz CT molecular complexity index is 3110. The lowest BCUT2D eigenvalue weighted by atomic mass is 9.70. The first-order valence-corrected chi connectivity index (χ1v) is 19.7. The van der Waals surface area contributed by atoms with Crippen LogP contribution in [0.1, 0.15) is 22.3 Å². The second-order valence-corrected chi connectivity index (χ2v) is 15.3. The molecule has 0 bridgehead atoms. The molecule has 1 heterocycles. The van der Waals surface area contributed by atoms with E-state index in [-0.39, 0.29) is 5.41 Å². The van der Waals surface area contributed by atoms with Gasteiger partial charge in [0.05, 0.1) is 16.8 Å². The standard InChI is InChI=1S/C55H34N2/c1-3-14-35(15-4-1)49-34-50(57-54(56-49)38-16-5-2-6-17-38)42-23-10-21-40(33-42)39-20-9-22-41(32-39)43-25-13-29-48-53(43)44-24-7-8-26-45(44)55(48)46-27-11-18-36-30-31-37-19-12-28-47(55)52(37)51(36)46/h1-34H. The molecule has 10 aromatic rings. The molecule has 2 aliphatic carbocycles. The van der Waals surface area contributed by atoms with Gasteiger partial charge in [0.15, 0.2) is 5.82 Å². The number of hydrogen-bond acceptors (Lipinski definition) is 2. The van der Waals surface area contributed by atoms with Crippen LogP contribution in [-0.4, -0.2) is 9.97 Å². The summed E-state index contributed by atoms with van der Waals surface area (Å²) in [6.07, 6.45) is 0. The molecule has 12 rings (SSSR count). The van der Waals surface area contributed by atoms with E-state index in [1.165, 1.54) is 66.1 Å². The monoisotopic (exact) mass is 722 g/mol. The highest BCUT2D eigenvalue weighted by atomic mass is 14.9. The van der Waals surface area contributed by atoms with E-state index in [1.807, 2.05) is 24.3 Å². The van der Waals surface area contributed by atoms with Crippen molar-refractivity contribution in [1.82, 2.24) is 9.97 Å². The number of aromatic nitrogens is 2. The highest BCUT2D eigenvalue weighted by Crippen LogP contribution is 2.63. The normalized spacial score (nSPS) is 13.1. The van der Waals surface area contributed by atoms with E-state index in [0.29, 0.717) is 5.82 Å². The Morgan fingerprint density at radius 2 is 0.772 bits per heavy atom. The third-order valence-electron chi connectivity index (χ3n) is 12.3. The van der Waals surface area contributed by atoms with Gasteiger partial charge in [-0.1, -0.05) is 188 Å². The van der Waals surface area contributed by atoms with Gasteiger partial charge in [-0.3, -0.25) is 0 Å². The van der Waals surface area contributed by atoms with Crippen molar-refractivity contribution >= 4 is 21.5 Å². The number of fused-ring (bicyclic) bond motifs is 7. The van der Waals surface area contributed by atoms with Crippen LogP contribution >= 0.6 is 0 Å². The van der Waals surface area contributed by atoms with E-state index in [4.69, 9.17) is 9.97 Å². The Labute approximate surface area is 331 Å². The van der Waals surface area contributed by atoms with E-state index < -0.39 is 0 Å². The predicted molar refractivity (Wildman–Crippen MR) is 235 cm³/mol. The molecule has 0 fully saturated rings. The van der Waals surface area contributed by atoms with Gasteiger partial charge in [0.1, 0.15) is 0 Å². The van der Waals surface area contributed by atoms with E-state index in [0.717, 1.165) is 39.2 Å². The Morgan fingerprint density at radius 1 is 0.298 bits per heavy atom. The number of benzene rings is 9. The van der Waals surface area contributed by atoms with Crippen molar-refractivity contribution in [3.63, 3.8) is 0 Å². The summed E-state index contributed by atoms with van der Waals surface area (Å²) >= 11 is 0. The first kappa shape index (κ1) is 31.9. The molecule has 2 nitrogen and oxygen atoms in total. The Morgan fingerprint density at radius 3 is 1.47 bits per heavy atom. The summed E-state index contributed by atoms with van der Waals surface area (Å²) in [5.41, 5.74) is 17.4. The number of hydrogen-bond donors (Lipinski definition) is 0. The third-order valence-corrected chi connectivity index (χ3v) is 12.3. The molecule has 0 aliphatic heterocycles. The fraction of sp³-hybridized carbons (Fsp3) is 0.0182. The molecule has 2 aliphatic rings. The molecule has 0 unspecified atom stereocenters. The van der Waals surface area contributed by atoms with E-state index in [9.17, 15) is 0 Å². The van der Waals surface area contributed by atoms with Gasteiger partial charge in [0, 0.05) is 16.7 Å². The van der Waals surface area contributed by atoms with Crippen molar-refractivity contribution in [2.75, 3.05) is 0 Å². The summed E-state index contributed by atoms with van der Waals surface area (Å²) in [5, 5.41) is 5.37. The molecule has 0 atom stereocenters. The largest absolute Gasteiger partial charge is 0.228 e. The zero-order chi connectivity index (χ0) is 37.5. The topological polar surface area (TPSA) is 25.8 Å². The molecule has 0 saturated heterocycles. The Kier molecular flexibility index (Phi) is 6.88. The van der Waals surface area contributed by atoms with E-state index in [2.05, 4.69) is 182 Å². The fourth-order valence-corrected chi connectivity index (χ4v) is 9.87. The van der Waals surface area contributed by atoms with Gasteiger partial charge in [-0.2, -0.15) is 0 Å². The van der Waals surface area contributed by atoms with Crippen molar-refractivity contribution in [3.05, 3.63) is 229 Å². The predicted octanol–water partition coefficient (Wildman–Crippen LogP) is 13.8. The van der Waals surface area contributed by atoms with Crippen molar-refractivity contribution in [2.45, 2.75) is 5.41 Å². The van der Waals surface area contributed by atoms with Crippen LogP contribution in [-0.2, 0) is 5.41 Å². The molecule has 264 valence electrons. The maximum atomic E-state index is 5.13. The quantitative estimate of drug-likeness (QED) is 0.165. The van der Waals surface area contributed by atoms with Gasteiger partial charge in [-0.05, 0) is 95.4 Å². The van der Waals surface area contributed by atoms with Crippen LogP contribution in [0.15, 0.2) is 206 Å². The van der Waals surface area contributed by atoms with Crippen LogP contribution in [0.2, 0.25) is 0 Å². The molecule has 1 spiro atoms. The van der Waals surface area contributed by atoms with Crippen LogP contribution in [0.3, 0.4) is 0 Å². The molecule has 0 radical (unpaired) electrons. The second kappa shape index (κ2) is 12.3. The average Bonchev–Trinajstić information content (AvgIpc) is 3.77. The second-order valence-electron chi connectivity index (χ2n) is 15.3. The maximum absolute atomic E-state index is 5.13. The molecule has 1 aromatic heterocycles. The van der Waals surface area contributed by atoms with E-state index >= 15 is 0 Å². The third kappa shape index (κ3) is 4.65. The minimum atomic E-state index is -0.384. The molecule has 0 N–H and O–H groups in total. The van der Waals surface area contributed by atoms with E-state index in [1.54, 1.807) is 0 Å². The van der Waals surface area contributed by atoms with Crippen molar-refractivity contribution in [1.29, 1.82) is 0 Å². The van der Waals surface area contributed by atoms with Crippen LogP contribution < -0.4 is 0 Å². The summed E-state index contributed by atoms with van der Waals surface area (Å²) in [7, 11) is 0. The Hall–Kier alpha value is -7.42. The number of rotatable bonds is 5. The first-order chi connectivity index (χ1) is 28.3. The van der Waals surface area contributed by atoms with Gasteiger partial charge in [-0.15, -0.1) is 0 Å². The summed E-state index contributed by atoms with van der Waals surface area (Å²) in [4.78, 5) is 10.1. The molecule has 0 saturated carbocycles. The Balaban J connectivity index is 1.01. The van der Waals surface area contributed by atoms with Crippen LogP contribution in [0.5, 0.6) is 0 Å². The molecule has 0 amide bonds. The van der Waals surface area contributed by atoms with Crippen molar-refractivity contribution < 1.29 is 0 Å². The lowest BCUT2D eigenvalue weighted by molar-refractivity contribution is 0.797. The average molecular weight is 723 g/mol. The minimum Gasteiger partial charge on any atom is -0.228 e. The highest BCUT2D eigenvalue weighted by molar-refractivity contribution is 6.17. The maximum Gasteiger partial charge on any atom is 0.160 e. The van der Waals surface area contributed by atoms with Gasteiger partial charge >= 0.3 is 0 Å². The SMILES string of the molecule is c1ccc(-c2cc(-c3cccc(-c4cccc(-c5cccc6c5-c5ccccc5C65c6cccc7ccc8cccc5c8c67)c4)c3)nc(-c3ccccc3)n2)cc1. The summed E-state index contributed by atoms with van der Waals surface area (Å²) < 4.78 is 0. The number of nitrogens with zero attached hydrogens (tertiary/aromatic N) is 2. The smallest absolute Gasteiger partial charge is 0.160 e. The zero-order valence-corrected chi connectivity index (χ0v) is 31.0. The first-order valence-electron chi connectivity index (χ1n) is 19.7. The van der Waals surface area contributed by atoms with Crippen molar-refractivity contribution in [2.24, 2.45) is 0 Å². The zero-order valence-electron chi connectivity index (χ0n) is 31.0. The van der Waals surface area contributed by atoms with Gasteiger partial charge in [0.2, 0.25) is 0 Å². The molecular formula is C55H34N2. The molecular weight excluding hydrogens is 689 g/mol. The minimum absolute atomic E-state index is 0.384. The van der Waals surface area contributed by atoms with Gasteiger partial charge < -0.3 is 0 Å². The lowest BCUT2D eigenvalue weighted by Gasteiger charge is -2.31. The fourth-order valence-electron chi connectivity index (χ4n) is 9.87. The van der Waals surface area contributed by atoms with Gasteiger partial charge in [-0.25, -0.2) is 9.97 Å². The van der Waals surface area contributed by atoms with Crippen LogP contribution in [0.25, 0.3) is 88.8 Å². The summed E-state index contributed by atoms with van der Waals surface area (Å²) in [6, 6.07) is 74.9. The molecule has 57 heavy (non-hydrogen) atoms. The lowest BCUT2D eigenvalue weighted by Crippen LogP contribution is -2.26. The molecule has 9 aromatic carbocycles. The highest BCUT2D eigenvalue weighted by Gasteiger charge is 2.51. The van der Waals surface area contributed by atoms with Crippen LogP contribution in [0.4, 0.5) is 0 Å². The summed E-state index contributed by atoms with van der Waals surface area (Å²) in [6.45, 7) is 0. The molecule has 2 heteroatoms.